The second kappa shape index (κ2) is 9.16. The molecular formula is C20H30ClN3OS. The van der Waals surface area contributed by atoms with Crippen molar-refractivity contribution in [2.45, 2.75) is 46.0 Å². The van der Waals surface area contributed by atoms with E-state index in [1.54, 1.807) is 11.3 Å². The molecule has 0 saturated heterocycles. The predicted molar refractivity (Wildman–Crippen MR) is 114 cm³/mol. The molecule has 26 heavy (non-hydrogen) atoms. The van der Waals surface area contributed by atoms with Crippen LogP contribution in [0.4, 0.5) is 5.13 Å². The van der Waals surface area contributed by atoms with E-state index in [1.807, 2.05) is 4.90 Å². The van der Waals surface area contributed by atoms with Crippen LogP contribution in [0.5, 0.6) is 0 Å². The van der Waals surface area contributed by atoms with Crippen molar-refractivity contribution in [2.24, 2.45) is 5.92 Å². The fraction of sp³-hybridized carbons (Fsp3) is 0.600. The van der Waals surface area contributed by atoms with Crippen molar-refractivity contribution in [3.05, 3.63) is 23.3 Å². The zero-order valence-corrected chi connectivity index (χ0v) is 17.9. The van der Waals surface area contributed by atoms with Crippen LogP contribution in [0.2, 0.25) is 0 Å². The summed E-state index contributed by atoms with van der Waals surface area (Å²) >= 11 is 1.67. The number of thiazole rings is 1. The maximum atomic E-state index is 13.1. The van der Waals surface area contributed by atoms with Crippen LogP contribution in [-0.2, 0) is 4.79 Å². The van der Waals surface area contributed by atoms with Crippen molar-refractivity contribution in [2.75, 3.05) is 32.1 Å². The van der Waals surface area contributed by atoms with Crippen molar-refractivity contribution in [1.29, 1.82) is 0 Å². The van der Waals surface area contributed by atoms with E-state index in [4.69, 9.17) is 4.98 Å². The second-order valence-electron chi connectivity index (χ2n) is 7.50. The molecule has 1 aliphatic rings. The smallest absolute Gasteiger partial charge is 0.231 e. The number of carbonyl (C=O) groups is 1. The van der Waals surface area contributed by atoms with Crippen molar-refractivity contribution >= 4 is 45.0 Å². The molecule has 0 bridgehead atoms. The van der Waals surface area contributed by atoms with Gasteiger partial charge in [-0.15, -0.1) is 12.4 Å². The number of amides is 1. The number of rotatable bonds is 6. The van der Waals surface area contributed by atoms with Crippen molar-refractivity contribution < 1.29 is 4.79 Å². The molecule has 6 heteroatoms. The number of benzene rings is 1. The van der Waals surface area contributed by atoms with Gasteiger partial charge in [0.25, 0.3) is 0 Å². The van der Waals surface area contributed by atoms with E-state index in [0.717, 1.165) is 43.0 Å². The van der Waals surface area contributed by atoms with E-state index in [2.05, 4.69) is 45.0 Å². The van der Waals surface area contributed by atoms with Crippen molar-refractivity contribution in [3.63, 3.8) is 0 Å². The third kappa shape index (κ3) is 4.56. The molecule has 1 aliphatic carbocycles. The molecule has 144 valence electrons. The van der Waals surface area contributed by atoms with Crippen LogP contribution in [0.3, 0.4) is 0 Å². The molecule has 1 heterocycles. The van der Waals surface area contributed by atoms with Crippen LogP contribution < -0.4 is 4.90 Å². The molecule has 0 unspecified atom stereocenters. The molecule has 2 aromatic rings. The number of aryl methyl sites for hydroxylation is 2. The molecule has 1 amide bonds. The molecule has 1 saturated carbocycles. The highest BCUT2D eigenvalue weighted by atomic mass is 35.5. The van der Waals surface area contributed by atoms with E-state index >= 15 is 0 Å². The van der Waals surface area contributed by atoms with Gasteiger partial charge in [0, 0.05) is 12.5 Å². The van der Waals surface area contributed by atoms with E-state index in [0.29, 0.717) is 0 Å². The van der Waals surface area contributed by atoms with Gasteiger partial charge in [0.2, 0.25) is 5.91 Å². The number of halogens is 1. The van der Waals surface area contributed by atoms with E-state index in [-0.39, 0.29) is 24.2 Å². The van der Waals surface area contributed by atoms with E-state index < -0.39 is 0 Å². The maximum absolute atomic E-state index is 13.1. The highest BCUT2D eigenvalue weighted by Gasteiger charge is 2.29. The Bertz CT molecular complexity index is 714. The summed E-state index contributed by atoms with van der Waals surface area (Å²) in [5.41, 5.74) is 3.48. The zero-order valence-electron chi connectivity index (χ0n) is 16.2. The monoisotopic (exact) mass is 395 g/mol. The summed E-state index contributed by atoms with van der Waals surface area (Å²) < 4.78 is 1.21. The Morgan fingerprint density at radius 1 is 1.15 bits per heavy atom. The first-order chi connectivity index (χ1) is 12.0. The van der Waals surface area contributed by atoms with Gasteiger partial charge in [0.1, 0.15) is 0 Å². The number of anilines is 1. The van der Waals surface area contributed by atoms with Gasteiger partial charge >= 0.3 is 0 Å². The number of hydrogen-bond acceptors (Lipinski definition) is 4. The number of fused-ring (bicyclic) bond motifs is 1. The summed E-state index contributed by atoms with van der Waals surface area (Å²) in [6.45, 7) is 5.96. The average Bonchev–Trinajstić information content (AvgIpc) is 3.24. The first-order valence-electron chi connectivity index (χ1n) is 9.30. The van der Waals surface area contributed by atoms with Crippen LogP contribution in [-0.4, -0.2) is 43.0 Å². The Morgan fingerprint density at radius 3 is 2.42 bits per heavy atom. The quantitative estimate of drug-likeness (QED) is 0.704. The number of nitrogens with zero attached hydrogens (tertiary/aromatic N) is 3. The first kappa shape index (κ1) is 21.1. The van der Waals surface area contributed by atoms with Crippen LogP contribution in [0.25, 0.3) is 10.2 Å². The standard InChI is InChI=1S/C20H29N3OS.ClH/c1-14-10-11-15(2)18-17(14)21-20(25-18)23(13-7-12-22(3)4)19(24)16-8-5-6-9-16;/h10-11,16H,5-9,12-13H2,1-4H3;1H. The Morgan fingerprint density at radius 2 is 1.81 bits per heavy atom. The van der Waals surface area contributed by atoms with E-state index in [9.17, 15) is 4.79 Å². The molecule has 0 aliphatic heterocycles. The van der Waals surface area contributed by atoms with Gasteiger partial charge in [-0.3, -0.25) is 9.69 Å². The minimum Gasteiger partial charge on any atom is -0.309 e. The SMILES string of the molecule is Cc1ccc(C)c2sc(N(CCCN(C)C)C(=O)C3CCCC3)nc12.Cl. The van der Waals surface area contributed by atoms with Crippen LogP contribution in [0.15, 0.2) is 12.1 Å². The first-order valence-corrected chi connectivity index (χ1v) is 10.1. The Kier molecular flexibility index (Phi) is 7.44. The van der Waals surface area contributed by atoms with Crippen molar-refractivity contribution in [3.8, 4) is 0 Å². The summed E-state index contributed by atoms with van der Waals surface area (Å²) in [5.74, 6) is 0.471. The summed E-state index contributed by atoms with van der Waals surface area (Å²) in [4.78, 5) is 22.2. The van der Waals surface area contributed by atoms with Crippen LogP contribution in [0.1, 0.15) is 43.2 Å². The lowest BCUT2D eigenvalue weighted by atomic mass is 10.1. The minimum absolute atomic E-state index is 0. The Labute approximate surface area is 167 Å². The molecule has 0 radical (unpaired) electrons. The zero-order chi connectivity index (χ0) is 18.0. The lowest BCUT2D eigenvalue weighted by Gasteiger charge is -2.24. The Hall–Kier alpha value is -1.17. The second-order valence-corrected chi connectivity index (χ2v) is 8.48. The summed E-state index contributed by atoms with van der Waals surface area (Å²) in [6.07, 6.45) is 5.40. The van der Waals surface area contributed by atoms with Gasteiger partial charge in [-0.1, -0.05) is 36.3 Å². The van der Waals surface area contributed by atoms with Gasteiger partial charge in [-0.2, -0.15) is 0 Å². The molecule has 1 aromatic heterocycles. The fourth-order valence-corrected chi connectivity index (χ4v) is 4.75. The van der Waals surface area contributed by atoms with Gasteiger partial charge in [-0.25, -0.2) is 4.98 Å². The number of carbonyl (C=O) groups excluding carboxylic acids is 1. The van der Waals surface area contributed by atoms with Gasteiger partial charge < -0.3 is 4.90 Å². The summed E-state index contributed by atoms with van der Waals surface area (Å²) in [7, 11) is 4.15. The molecule has 3 rings (SSSR count). The fourth-order valence-electron chi connectivity index (χ4n) is 3.60. The predicted octanol–water partition coefficient (Wildman–Crippen LogP) is 4.81. The van der Waals surface area contributed by atoms with Gasteiger partial charge in [0.05, 0.1) is 10.2 Å². The number of aromatic nitrogens is 1. The average molecular weight is 396 g/mol. The third-order valence-electron chi connectivity index (χ3n) is 5.12. The molecule has 4 nitrogen and oxygen atoms in total. The largest absolute Gasteiger partial charge is 0.309 e. The van der Waals surface area contributed by atoms with Crippen molar-refractivity contribution in [1.82, 2.24) is 9.88 Å². The van der Waals surface area contributed by atoms with Gasteiger partial charge in [0.15, 0.2) is 5.13 Å². The Balaban J connectivity index is 0.00000243. The molecular weight excluding hydrogens is 366 g/mol. The molecule has 0 atom stereocenters. The third-order valence-corrected chi connectivity index (χ3v) is 6.33. The maximum Gasteiger partial charge on any atom is 0.231 e. The molecule has 1 fully saturated rings. The van der Waals surface area contributed by atoms with Gasteiger partial charge in [-0.05, 0) is 64.9 Å². The van der Waals surface area contributed by atoms with Crippen LogP contribution >= 0.6 is 23.7 Å². The molecule has 1 aromatic carbocycles. The lowest BCUT2D eigenvalue weighted by Crippen LogP contribution is -2.37. The van der Waals surface area contributed by atoms with E-state index in [1.165, 1.54) is 28.7 Å². The molecule has 0 N–H and O–H groups in total. The highest BCUT2D eigenvalue weighted by Crippen LogP contribution is 2.35. The van der Waals surface area contributed by atoms with Crippen LogP contribution in [0, 0.1) is 19.8 Å². The molecule has 0 spiro atoms. The topological polar surface area (TPSA) is 36.4 Å². The lowest BCUT2D eigenvalue weighted by molar-refractivity contribution is -0.122. The number of hydrogen-bond donors (Lipinski definition) is 0. The highest BCUT2D eigenvalue weighted by molar-refractivity contribution is 7.22. The normalized spacial score (nSPS) is 14.8. The summed E-state index contributed by atoms with van der Waals surface area (Å²) in [5, 5.41) is 0.878. The summed E-state index contributed by atoms with van der Waals surface area (Å²) in [6, 6.07) is 4.27. The minimum atomic E-state index is 0.